The molecule has 1 saturated heterocycles. The van der Waals surface area contributed by atoms with E-state index < -0.39 is 0 Å². The summed E-state index contributed by atoms with van der Waals surface area (Å²) in [4.78, 5) is 21.6. The second-order valence-corrected chi connectivity index (χ2v) is 12.7. The van der Waals surface area contributed by atoms with Gasteiger partial charge in [0.2, 0.25) is 5.88 Å². The largest absolute Gasteiger partial charge is 0.476 e. The van der Waals surface area contributed by atoms with Gasteiger partial charge in [0.1, 0.15) is 5.82 Å². The first kappa shape index (κ1) is 27.6. The fourth-order valence-electron chi connectivity index (χ4n) is 6.06. The molecule has 210 valence electrons. The first-order valence-electron chi connectivity index (χ1n) is 14.1. The molecule has 3 aromatic rings. The molecule has 3 aromatic heterocycles. The molecule has 39 heavy (non-hydrogen) atoms. The van der Waals surface area contributed by atoms with Crippen molar-refractivity contribution in [3.8, 4) is 11.7 Å². The lowest BCUT2D eigenvalue weighted by molar-refractivity contribution is 0.0937. The number of pyridine rings is 1. The molecule has 5 rings (SSSR count). The molecule has 1 amide bonds. The van der Waals surface area contributed by atoms with Crippen LogP contribution in [0.2, 0.25) is 0 Å². The first-order valence-corrected chi connectivity index (χ1v) is 14.9. The summed E-state index contributed by atoms with van der Waals surface area (Å²) < 4.78 is 12.6. The van der Waals surface area contributed by atoms with E-state index in [2.05, 4.69) is 47.5 Å². The zero-order valence-corrected chi connectivity index (χ0v) is 24.8. The van der Waals surface area contributed by atoms with Crippen molar-refractivity contribution < 1.29 is 9.53 Å². The van der Waals surface area contributed by atoms with Gasteiger partial charge < -0.3 is 9.64 Å². The second kappa shape index (κ2) is 11.2. The van der Waals surface area contributed by atoms with Gasteiger partial charge in [-0.15, -0.1) is 5.10 Å². The van der Waals surface area contributed by atoms with E-state index in [9.17, 15) is 4.79 Å². The van der Waals surface area contributed by atoms with E-state index in [1.54, 1.807) is 9.36 Å². The molecular weight excluding hydrogens is 510 g/mol. The lowest BCUT2D eigenvalue weighted by atomic mass is 9.72. The zero-order chi connectivity index (χ0) is 27.7. The fraction of sp³-hybridized carbons (Fsp3) is 0.586. The van der Waals surface area contributed by atoms with E-state index in [-0.39, 0.29) is 11.4 Å². The minimum Gasteiger partial charge on any atom is -0.476 e. The highest BCUT2D eigenvalue weighted by molar-refractivity contribution is 7.98. The highest BCUT2D eigenvalue weighted by Crippen LogP contribution is 2.39. The van der Waals surface area contributed by atoms with Crippen LogP contribution in [0.5, 0.6) is 5.88 Å². The third-order valence-electron chi connectivity index (χ3n) is 8.13. The highest BCUT2D eigenvalue weighted by Gasteiger charge is 2.39. The number of aryl methyl sites for hydroxylation is 2. The number of nitrogens with one attached hydrogen (secondary N) is 1. The van der Waals surface area contributed by atoms with E-state index in [1.807, 2.05) is 44.6 Å². The van der Waals surface area contributed by atoms with Gasteiger partial charge in [-0.1, -0.05) is 26.7 Å². The highest BCUT2D eigenvalue weighted by atomic mass is 32.2. The molecule has 9 nitrogen and oxygen atoms in total. The van der Waals surface area contributed by atoms with Crippen LogP contribution >= 0.6 is 11.9 Å². The Hall–Kier alpha value is -3.01. The van der Waals surface area contributed by atoms with Gasteiger partial charge in [-0.25, -0.2) is 9.67 Å². The van der Waals surface area contributed by atoms with Crippen molar-refractivity contribution in [2.75, 3.05) is 18.1 Å². The van der Waals surface area contributed by atoms with E-state index >= 15 is 0 Å². The molecule has 0 radical (unpaired) electrons. The molecule has 2 aliphatic rings. The molecule has 10 heteroatoms. The van der Waals surface area contributed by atoms with Gasteiger partial charge in [-0.2, -0.15) is 5.10 Å². The average Bonchev–Trinajstić information content (AvgIpc) is 3.55. The number of carbonyl (C=O) groups excluding carboxylic acids is 1. The quantitative estimate of drug-likeness (QED) is 0.329. The van der Waals surface area contributed by atoms with Gasteiger partial charge in [0.25, 0.3) is 5.91 Å². The maximum atomic E-state index is 13.4. The Morgan fingerprint density at radius 2 is 2.00 bits per heavy atom. The summed E-state index contributed by atoms with van der Waals surface area (Å²) in [7, 11) is 1.87. The number of carbonyl (C=O) groups is 1. The number of ether oxygens (including phenoxy) is 1. The number of nitrogens with zero attached hydrogens (tertiary/aromatic N) is 6. The van der Waals surface area contributed by atoms with Crippen LogP contribution in [-0.4, -0.2) is 49.1 Å². The molecule has 3 atom stereocenters. The smallest absolute Gasteiger partial charge is 0.265 e. The number of hydrogen-bond acceptors (Lipinski definition) is 7. The number of aromatic nitrogens is 5. The Morgan fingerprint density at radius 3 is 2.64 bits per heavy atom. The van der Waals surface area contributed by atoms with Crippen LogP contribution in [0.15, 0.2) is 35.5 Å². The van der Waals surface area contributed by atoms with E-state index in [0.29, 0.717) is 41.5 Å². The second-order valence-electron chi connectivity index (χ2n) is 11.9. The maximum absolute atomic E-state index is 13.4. The van der Waals surface area contributed by atoms with Crippen molar-refractivity contribution in [3.63, 3.8) is 0 Å². The summed E-state index contributed by atoms with van der Waals surface area (Å²) in [6, 6.07) is 5.60. The van der Waals surface area contributed by atoms with Crippen LogP contribution in [0.25, 0.3) is 5.82 Å². The first-order chi connectivity index (χ1) is 18.6. The Labute approximate surface area is 235 Å². The maximum Gasteiger partial charge on any atom is 0.265 e. The van der Waals surface area contributed by atoms with Gasteiger partial charge in [-0.05, 0) is 81.9 Å². The van der Waals surface area contributed by atoms with Gasteiger partial charge >= 0.3 is 0 Å². The number of hydrogen-bond donors (Lipinski definition) is 1. The van der Waals surface area contributed by atoms with Crippen molar-refractivity contribution in [1.29, 1.82) is 0 Å². The van der Waals surface area contributed by atoms with Crippen LogP contribution in [0, 0.1) is 24.7 Å². The summed E-state index contributed by atoms with van der Waals surface area (Å²) in [5.74, 6) is 3.69. The Balaban J connectivity index is 1.36. The van der Waals surface area contributed by atoms with Crippen molar-refractivity contribution >= 4 is 23.7 Å². The molecule has 1 aliphatic heterocycles. The van der Waals surface area contributed by atoms with Crippen LogP contribution in [0.1, 0.15) is 75.9 Å². The van der Waals surface area contributed by atoms with Crippen molar-refractivity contribution in [2.45, 2.75) is 77.2 Å². The predicted octanol–water partition coefficient (Wildman–Crippen LogP) is 5.58. The summed E-state index contributed by atoms with van der Waals surface area (Å²) in [6.45, 7) is 12.4. The molecule has 0 spiro atoms. The van der Waals surface area contributed by atoms with Crippen molar-refractivity contribution in [3.05, 3.63) is 41.9 Å². The Bertz CT molecular complexity index is 1320. The van der Waals surface area contributed by atoms with Gasteiger partial charge in [0.15, 0.2) is 5.82 Å². The Kier molecular flexibility index (Phi) is 7.94. The van der Waals surface area contributed by atoms with Gasteiger partial charge in [0, 0.05) is 37.6 Å². The molecule has 1 saturated carbocycles. The molecular formula is C29H41N7O2S. The standard InChI is InChI=1S/C29H41N7O2S/c1-7-8-21-9-10-22(21)18-38-26-13-14-36(32-26)25-12-11-23(27(30-25)35-16-19(2)15-29(35,4)5)28(37)33-39-24-17-34(6)31-20(24)3/h11-14,17,19,21-22H,7-10,15-16,18H2,1-6H3,(H,33,37). The molecule has 1 N–H and O–H groups in total. The van der Waals surface area contributed by atoms with Crippen molar-refractivity contribution in [2.24, 2.45) is 24.8 Å². The van der Waals surface area contributed by atoms with Crippen LogP contribution in [-0.2, 0) is 7.05 Å². The SMILES string of the molecule is CCCC1CCC1COc1ccn(-c2ccc(C(=O)NSc3cn(C)nc3C)c(N3CC(C)CC3(C)C)n2)n1. The number of rotatable bonds is 10. The minimum atomic E-state index is -0.181. The topological polar surface area (TPSA) is 90.1 Å². The van der Waals surface area contributed by atoms with E-state index in [0.717, 1.165) is 29.5 Å². The van der Waals surface area contributed by atoms with E-state index in [4.69, 9.17) is 9.72 Å². The molecule has 0 aromatic carbocycles. The summed E-state index contributed by atoms with van der Waals surface area (Å²) in [5, 5.41) is 9.03. The molecule has 1 aliphatic carbocycles. The van der Waals surface area contributed by atoms with Crippen LogP contribution in [0.3, 0.4) is 0 Å². The zero-order valence-electron chi connectivity index (χ0n) is 24.0. The number of amides is 1. The lowest BCUT2D eigenvalue weighted by Crippen LogP contribution is -2.40. The number of anilines is 1. The average molecular weight is 552 g/mol. The molecule has 0 bridgehead atoms. The van der Waals surface area contributed by atoms with Crippen molar-refractivity contribution in [1.82, 2.24) is 29.3 Å². The monoisotopic (exact) mass is 551 g/mol. The van der Waals surface area contributed by atoms with Crippen LogP contribution in [0.4, 0.5) is 5.82 Å². The Morgan fingerprint density at radius 1 is 1.21 bits per heavy atom. The molecule has 2 fully saturated rings. The van der Waals surface area contributed by atoms with E-state index in [1.165, 1.54) is 37.6 Å². The third kappa shape index (κ3) is 5.95. The molecule has 3 unspecified atom stereocenters. The van der Waals surface area contributed by atoms with Gasteiger partial charge in [0.05, 0.1) is 22.8 Å². The van der Waals surface area contributed by atoms with Crippen LogP contribution < -0.4 is 14.4 Å². The molecule has 4 heterocycles. The lowest BCUT2D eigenvalue weighted by Gasteiger charge is -2.36. The fourth-order valence-corrected chi connectivity index (χ4v) is 6.76. The summed E-state index contributed by atoms with van der Waals surface area (Å²) in [5.41, 5.74) is 1.30. The normalized spacial score (nSPS) is 22.1. The minimum absolute atomic E-state index is 0.122. The predicted molar refractivity (Wildman–Crippen MR) is 154 cm³/mol. The van der Waals surface area contributed by atoms with Gasteiger partial charge in [-0.3, -0.25) is 14.2 Å². The summed E-state index contributed by atoms with van der Waals surface area (Å²) >= 11 is 1.28. The third-order valence-corrected chi connectivity index (χ3v) is 9.04. The summed E-state index contributed by atoms with van der Waals surface area (Å²) in [6.07, 6.45) is 9.87.